The van der Waals surface area contributed by atoms with Crippen molar-refractivity contribution in [2.75, 3.05) is 18.0 Å². The van der Waals surface area contributed by atoms with Crippen LogP contribution in [-0.2, 0) is 0 Å². The van der Waals surface area contributed by atoms with E-state index in [4.69, 9.17) is 0 Å². The monoisotopic (exact) mass is 272 g/mol. The molecule has 0 aromatic heterocycles. The fourth-order valence-electron chi connectivity index (χ4n) is 2.53. The van der Waals surface area contributed by atoms with Gasteiger partial charge < -0.3 is 10.2 Å². The zero-order chi connectivity index (χ0) is 9.54. The Morgan fingerprint density at radius 2 is 2.27 bits per heavy atom. The Bertz CT molecular complexity index is 358. The molecule has 2 bridgehead atoms. The third-order valence-corrected chi connectivity index (χ3v) is 3.20. The van der Waals surface area contributed by atoms with Gasteiger partial charge in [0, 0.05) is 30.9 Å². The summed E-state index contributed by atoms with van der Waals surface area (Å²) in [6.07, 6.45) is 1.20. The van der Waals surface area contributed by atoms with Crippen molar-refractivity contribution in [1.29, 1.82) is 0 Å². The molecular formula is C11H14BrFN2. The molecule has 2 aliphatic heterocycles. The fraction of sp³-hybridized carbons (Fsp3) is 0.455. The van der Waals surface area contributed by atoms with Crippen LogP contribution in [0.5, 0.6) is 0 Å². The molecule has 0 radical (unpaired) electrons. The minimum absolute atomic E-state index is 0. The average molecular weight is 273 g/mol. The number of benzene rings is 1. The van der Waals surface area contributed by atoms with Gasteiger partial charge in [0.05, 0.1) is 0 Å². The van der Waals surface area contributed by atoms with E-state index in [0.717, 1.165) is 18.8 Å². The first kappa shape index (κ1) is 10.9. The summed E-state index contributed by atoms with van der Waals surface area (Å²) in [4.78, 5) is 2.31. The van der Waals surface area contributed by atoms with E-state index in [1.165, 1.54) is 12.5 Å². The third-order valence-electron chi connectivity index (χ3n) is 3.20. The topological polar surface area (TPSA) is 15.3 Å². The standard InChI is InChI=1S/C11H13FN2.BrH/c12-8-2-1-3-10(4-8)14-7-9-5-11(14)6-13-9;/h1-4,9,11,13H,5-7H2;1H/t9-,11-;/m0./s1. The second-order valence-corrected chi connectivity index (χ2v) is 4.13. The van der Waals surface area contributed by atoms with Crippen molar-refractivity contribution in [3.63, 3.8) is 0 Å². The maximum absolute atomic E-state index is 13.0. The van der Waals surface area contributed by atoms with E-state index in [9.17, 15) is 4.39 Å². The van der Waals surface area contributed by atoms with Crippen LogP contribution in [0, 0.1) is 5.82 Å². The van der Waals surface area contributed by atoms with Gasteiger partial charge in [-0.15, -0.1) is 17.0 Å². The van der Waals surface area contributed by atoms with Crippen molar-refractivity contribution < 1.29 is 4.39 Å². The number of rotatable bonds is 1. The molecular weight excluding hydrogens is 259 g/mol. The molecule has 3 rings (SSSR count). The van der Waals surface area contributed by atoms with Crippen LogP contribution < -0.4 is 10.2 Å². The summed E-state index contributed by atoms with van der Waals surface area (Å²) < 4.78 is 13.0. The Kier molecular flexibility index (Phi) is 2.98. The van der Waals surface area contributed by atoms with Gasteiger partial charge in [-0.2, -0.15) is 0 Å². The number of fused-ring (bicyclic) bond motifs is 2. The zero-order valence-electron chi connectivity index (χ0n) is 8.32. The van der Waals surface area contributed by atoms with Gasteiger partial charge in [0.2, 0.25) is 0 Å². The molecule has 4 heteroatoms. The molecule has 1 aromatic rings. The van der Waals surface area contributed by atoms with Gasteiger partial charge in [-0.1, -0.05) is 6.07 Å². The number of halogens is 2. The molecule has 2 atom stereocenters. The highest BCUT2D eigenvalue weighted by Crippen LogP contribution is 2.29. The maximum atomic E-state index is 13.0. The Balaban J connectivity index is 0.000000853. The summed E-state index contributed by atoms with van der Waals surface area (Å²) >= 11 is 0. The van der Waals surface area contributed by atoms with E-state index in [0.29, 0.717) is 12.1 Å². The molecule has 0 unspecified atom stereocenters. The molecule has 2 heterocycles. The molecule has 15 heavy (non-hydrogen) atoms. The van der Waals surface area contributed by atoms with Gasteiger partial charge in [0.15, 0.2) is 0 Å². The fourth-order valence-corrected chi connectivity index (χ4v) is 2.53. The molecule has 2 aliphatic rings. The molecule has 2 saturated heterocycles. The van der Waals surface area contributed by atoms with Crippen LogP contribution in [0.2, 0.25) is 0 Å². The minimum atomic E-state index is -0.141. The number of hydrogen-bond donors (Lipinski definition) is 1. The summed E-state index contributed by atoms with van der Waals surface area (Å²) in [5.74, 6) is -0.141. The number of anilines is 1. The van der Waals surface area contributed by atoms with E-state index < -0.39 is 0 Å². The van der Waals surface area contributed by atoms with E-state index >= 15 is 0 Å². The molecule has 2 fully saturated rings. The largest absolute Gasteiger partial charge is 0.366 e. The lowest BCUT2D eigenvalue weighted by atomic mass is 10.2. The van der Waals surface area contributed by atoms with Gasteiger partial charge in [-0.05, 0) is 24.6 Å². The van der Waals surface area contributed by atoms with Crippen molar-refractivity contribution in [3.05, 3.63) is 30.1 Å². The van der Waals surface area contributed by atoms with Gasteiger partial charge >= 0.3 is 0 Å². The van der Waals surface area contributed by atoms with Crippen LogP contribution in [0.25, 0.3) is 0 Å². The van der Waals surface area contributed by atoms with Crippen LogP contribution in [0.1, 0.15) is 6.42 Å². The quantitative estimate of drug-likeness (QED) is 0.841. The van der Waals surface area contributed by atoms with E-state index in [1.807, 2.05) is 6.07 Å². The van der Waals surface area contributed by atoms with Crippen molar-refractivity contribution in [2.24, 2.45) is 0 Å². The number of hydrogen-bond acceptors (Lipinski definition) is 2. The second kappa shape index (κ2) is 4.10. The predicted molar refractivity (Wildman–Crippen MR) is 64.3 cm³/mol. The molecule has 2 nitrogen and oxygen atoms in total. The molecule has 0 spiro atoms. The lowest BCUT2D eigenvalue weighted by Gasteiger charge is -2.29. The lowest BCUT2D eigenvalue weighted by Crippen LogP contribution is -2.43. The summed E-state index contributed by atoms with van der Waals surface area (Å²) in [5, 5.41) is 3.43. The summed E-state index contributed by atoms with van der Waals surface area (Å²) in [6.45, 7) is 2.06. The van der Waals surface area contributed by atoms with Gasteiger partial charge in [0.1, 0.15) is 5.82 Å². The first-order valence-corrected chi connectivity index (χ1v) is 5.08. The van der Waals surface area contributed by atoms with Crippen LogP contribution in [0.3, 0.4) is 0 Å². The Hall–Kier alpha value is -0.610. The second-order valence-electron chi connectivity index (χ2n) is 4.13. The Morgan fingerprint density at radius 1 is 1.40 bits per heavy atom. The summed E-state index contributed by atoms with van der Waals surface area (Å²) in [5.41, 5.74) is 1.03. The number of nitrogens with one attached hydrogen (secondary N) is 1. The van der Waals surface area contributed by atoms with Gasteiger partial charge in [-0.25, -0.2) is 4.39 Å². The van der Waals surface area contributed by atoms with Crippen molar-refractivity contribution in [2.45, 2.75) is 18.5 Å². The molecule has 1 N–H and O–H groups in total. The highest BCUT2D eigenvalue weighted by molar-refractivity contribution is 8.93. The zero-order valence-corrected chi connectivity index (χ0v) is 10.0. The lowest BCUT2D eigenvalue weighted by molar-refractivity contribution is 0.577. The summed E-state index contributed by atoms with van der Waals surface area (Å²) in [7, 11) is 0. The van der Waals surface area contributed by atoms with Crippen LogP contribution in [-0.4, -0.2) is 25.2 Å². The normalized spacial score (nSPS) is 27.9. The van der Waals surface area contributed by atoms with E-state index in [1.54, 1.807) is 12.1 Å². The van der Waals surface area contributed by atoms with Crippen LogP contribution in [0.15, 0.2) is 24.3 Å². The molecule has 82 valence electrons. The van der Waals surface area contributed by atoms with E-state index in [2.05, 4.69) is 10.2 Å². The number of nitrogens with zero attached hydrogens (tertiary/aromatic N) is 1. The highest BCUT2D eigenvalue weighted by atomic mass is 79.9. The highest BCUT2D eigenvalue weighted by Gasteiger charge is 2.37. The molecule has 0 amide bonds. The smallest absolute Gasteiger partial charge is 0.125 e. The first-order chi connectivity index (χ1) is 6.83. The van der Waals surface area contributed by atoms with Crippen LogP contribution >= 0.6 is 17.0 Å². The average Bonchev–Trinajstić information content (AvgIpc) is 2.78. The first-order valence-electron chi connectivity index (χ1n) is 5.08. The van der Waals surface area contributed by atoms with Crippen molar-refractivity contribution >= 4 is 22.7 Å². The maximum Gasteiger partial charge on any atom is 0.125 e. The third kappa shape index (κ3) is 1.88. The SMILES string of the molecule is Br.Fc1cccc(N2C[C@@H]3C[C@H]2CN3)c1. The van der Waals surface area contributed by atoms with Gasteiger partial charge in [0.25, 0.3) is 0 Å². The van der Waals surface area contributed by atoms with E-state index in [-0.39, 0.29) is 22.8 Å². The Morgan fingerprint density at radius 3 is 2.87 bits per heavy atom. The number of piperazine rings is 1. The molecule has 0 saturated carbocycles. The molecule has 0 aliphatic carbocycles. The van der Waals surface area contributed by atoms with Crippen molar-refractivity contribution in [3.8, 4) is 0 Å². The summed E-state index contributed by atoms with van der Waals surface area (Å²) in [6, 6.07) is 8.08. The predicted octanol–water partition coefficient (Wildman–Crippen LogP) is 1.95. The van der Waals surface area contributed by atoms with Gasteiger partial charge in [-0.3, -0.25) is 0 Å². The van der Waals surface area contributed by atoms with Crippen LogP contribution in [0.4, 0.5) is 10.1 Å². The van der Waals surface area contributed by atoms with Crippen molar-refractivity contribution in [1.82, 2.24) is 5.32 Å². The Labute approximate surface area is 99.2 Å². The minimum Gasteiger partial charge on any atom is -0.366 e. The molecule has 1 aromatic carbocycles.